The number of benzene rings is 4. The first-order valence-corrected chi connectivity index (χ1v) is 23.2. The van der Waals surface area contributed by atoms with Crippen LogP contribution in [0.4, 0.5) is 0 Å². The fourth-order valence-electron chi connectivity index (χ4n) is 11.4. The van der Waals surface area contributed by atoms with Crippen molar-refractivity contribution in [2.24, 2.45) is 10.9 Å². The highest BCUT2D eigenvalue weighted by molar-refractivity contribution is 5.89. The van der Waals surface area contributed by atoms with Crippen LogP contribution in [0.2, 0.25) is 0 Å². The number of phenolic OH excluding ortho intramolecular Hbond substituents is 2. The van der Waals surface area contributed by atoms with E-state index in [9.17, 15) is 20.4 Å². The van der Waals surface area contributed by atoms with Crippen molar-refractivity contribution in [2.75, 3.05) is 46.8 Å². The Labute approximate surface area is 380 Å². The van der Waals surface area contributed by atoms with Crippen molar-refractivity contribution in [3.05, 3.63) is 104 Å². The lowest BCUT2D eigenvalue weighted by molar-refractivity contribution is -0.141. The normalized spacial score (nSPS) is 25.1. The summed E-state index contributed by atoms with van der Waals surface area (Å²) < 4.78 is 27.8. The van der Waals surface area contributed by atoms with E-state index in [0.717, 1.165) is 60.8 Å². The fraction of sp³-hybridized carbons (Fsp3) is 0.453. The molecule has 2 bridgehead atoms. The summed E-state index contributed by atoms with van der Waals surface area (Å²) in [7, 11) is 1.85. The van der Waals surface area contributed by atoms with Crippen LogP contribution in [0.25, 0.3) is 23.3 Å². The standard InChI is InChI=1S/C53H60N4O8/c1-30(2)24-52(3,61)27-55-28-57-46-7-5-6-20-62-45-22-33(9-16-44(45)60)51-53(46,63-29-54-4)25-41-40-23-39-35(31-8-15-42-32(21-31)18-19-56-42)12-13-36-43(59)17-14-37(47(36)39)48(40)50-38(49(41)65-51)11-10-34(26-58)64-50/h8-9,12-18,21-22,30,34-35,39,46,51,54-55,57-61H,6,10-11,19-20,23-29H2,1-4H3/t34-,35+,39+,46-,51-,52+,53+/m1/s1. The van der Waals surface area contributed by atoms with Gasteiger partial charge in [-0.05, 0) is 115 Å². The van der Waals surface area contributed by atoms with Crippen LogP contribution in [0.5, 0.6) is 28.7 Å². The zero-order valence-electron chi connectivity index (χ0n) is 37.7. The Balaban J connectivity index is 1.17. The molecule has 0 saturated heterocycles. The second-order valence-corrected chi connectivity index (χ2v) is 19.2. The maximum absolute atomic E-state index is 11.5. The number of hydrogen-bond acceptors (Lipinski definition) is 12. The van der Waals surface area contributed by atoms with E-state index in [1.807, 2.05) is 32.2 Å². The zero-order chi connectivity index (χ0) is 45.0. The van der Waals surface area contributed by atoms with Gasteiger partial charge in [-0.15, -0.1) is 0 Å². The fourth-order valence-corrected chi connectivity index (χ4v) is 11.4. The molecule has 4 heterocycles. The van der Waals surface area contributed by atoms with Gasteiger partial charge in [0.25, 0.3) is 0 Å². The van der Waals surface area contributed by atoms with Gasteiger partial charge >= 0.3 is 0 Å². The van der Waals surface area contributed by atoms with Crippen molar-refractivity contribution >= 4 is 12.2 Å². The molecule has 7 atom stereocenters. The Bertz CT molecular complexity index is 2740. The largest absolute Gasteiger partial charge is 0.507 e. The Morgan fingerprint density at radius 1 is 1.02 bits per heavy atom. The highest BCUT2D eigenvalue weighted by atomic mass is 16.6. The third-order valence-electron chi connectivity index (χ3n) is 14.1. The number of nitrogens with zero attached hydrogens (tertiary/aromatic N) is 1. The molecule has 4 aliphatic heterocycles. The highest BCUT2D eigenvalue weighted by Gasteiger charge is 2.55. The Morgan fingerprint density at radius 2 is 1.86 bits per heavy atom. The molecular formula is C53H60N4O8. The second kappa shape index (κ2) is 17.4. The number of allylic oxidation sites excluding steroid dienone is 1. The first-order chi connectivity index (χ1) is 31.5. The lowest BCUT2D eigenvalue weighted by atomic mass is 9.64. The summed E-state index contributed by atoms with van der Waals surface area (Å²) in [6.45, 7) is 7.79. The van der Waals surface area contributed by atoms with Crippen molar-refractivity contribution in [3.63, 3.8) is 0 Å². The summed E-state index contributed by atoms with van der Waals surface area (Å²) in [5, 5.41) is 56.8. The molecule has 0 saturated carbocycles. The molecule has 7 N–H and O–H groups in total. The zero-order valence-corrected chi connectivity index (χ0v) is 37.7. The first kappa shape index (κ1) is 43.5. The monoisotopic (exact) mass is 880 g/mol. The van der Waals surface area contributed by atoms with Crippen molar-refractivity contribution in [1.82, 2.24) is 16.0 Å². The number of fused-ring (bicyclic) bond motifs is 12. The van der Waals surface area contributed by atoms with Gasteiger partial charge in [-0.2, -0.15) is 0 Å². The quantitative estimate of drug-likeness (QED) is 0.0582. The number of nitrogens with one attached hydrogen (secondary N) is 3. The minimum Gasteiger partial charge on any atom is -0.507 e. The summed E-state index contributed by atoms with van der Waals surface area (Å²) in [5.41, 5.74) is 6.75. The van der Waals surface area contributed by atoms with Crippen LogP contribution in [0.3, 0.4) is 0 Å². The van der Waals surface area contributed by atoms with Crippen LogP contribution in [-0.4, -0.2) is 90.5 Å². The molecule has 65 heavy (non-hydrogen) atoms. The molecule has 0 amide bonds. The van der Waals surface area contributed by atoms with Crippen molar-refractivity contribution in [2.45, 2.75) is 101 Å². The summed E-state index contributed by atoms with van der Waals surface area (Å²) in [5.74, 6) is 9.27. The number of aliphatic hydroxyl groups is 2. The molecule has 0 unspecified atom stereocenters. The number of phenols is 2. The summed E-state index contributed by atoms with van der Waals surface area (Å²) in [4.78, 5) is 4.66. The van der Waals surface area contributed by atoms with Gasteiger partial charge in [-0.1, -0.05) is 62.1 Å². The van der Waals surface area contributed by atoms with E-state index in [2.05, 4.69) is 83.1 Å². The number of hydrogen-bond donors (Lipinski definition) is 7. The summed E-state index contributed by atoms with van der Waals surface area (Å²) in [6, 6.07) is 15.1. The minimum absolute atomic E-state index is 0.00728. The molecule has 10 rings (SSSR count). The van der Waals surface area contributed by atoms with E-state index >= 15 is 0 Å². The van der Waals surface area contributed by atoms with Gasteiger partial charge < -0.3 is 44.7 Å². The van der Waals surface area contributed by atoms with Crippen LogP contribution < -0.4 is 40.7 Å². The molecule has 4 aromatic carbocycles. The van der Waals surface area contributed by atoms with Crippen LogP contribution in [0, 0.1) is 17.8 Å². The van der Waals surface area contributed by atoms with E-state index in [1.54, 1.807) is 12.1 Å². The van der Waals surface area contributed by atoms with Gasteiger partial charge in [0.05, 0.1) is 37.4 Å². The topological polar surface area (TPSA) is 166 Å². The van der Waals surface area contributed by atoms with Crippen molar-refractivity contribution in [3.8, 4) is 51.7 Å². The minimum atomic E-state index is -1.17. The number of ether oxygens (including phenoxy) is 4. The van der Waals surface area contributed by atoms with Gasteiger partial charge in [0.2, 0.25) is 0 Å². The van der Waals surface area contributed by atoms with E-state index in [4.69, 9.17) is 18.9 Å². The predicted molar refractivity (Wildman–Crippen MR) is 249 cm³/mol. The maximum Gasteiger partial charge on any atom is 0.161 e. The van der Waals surface area contributed by atoms with E-state index in [-0.39, 0.29) is 43.3 Å². The van der Waals surface area contributed by atoms with Crippen LogP contribution in [0.15, 0.2) is 59.6 Å². The van der Waals surface area contributed by atoms with Gasteiger partial charge in [-0.25, -0.2) is 0 Å². The van der Waals surface area contributed by atoms with Crippen molar-refractivity contribution < 1.29 is 39.4 Å². The SMILES string of the molecule is CNCO[C@]12Cc3c4c(c5c(c3O[C@@H]1c1ccc(O)c(c1)OCCC#C[C@H]2NCNC[C@@](C)(O)CC(C)C)CC[C@H](CO)O5)-c1ccc(O)c2c1[C@@H](C4)[C@H](c1ccc3c(c1)=CCN=3)C=C2. The Kier molecular flexibility index (Phi) is 11.7. The molecule has 4 aromatic rings. The van der Waals surface area contributed by atoms with Crippen LogP contribution in [0.1, 0.15) is 96.9 Å². The third-order valence-corrected chi connectivity index (χ3v) is 14.1. The molecular weight excluding hydrogens is 821 g/mol. The number of aliphatic hydroxyl groups excluding tert-OH is 1. The molecule has 340 valence electrons. The molecule has 0 fully saturated rings. The smallest absolute Gasteiger partial charge is 0.161 e. The lowest BCUT2D eigenvalue weighted by Crippen LogP contribution is -2.62. The number of aromatic hydroxyl groups is 2. The van der Waals surface area contributed by atoms with Gasteiger partial charge in [0.1, 0.15) is 35.0 Å². The van der Waals surface area contributed by atoms with Gasteiger partial charge in [0.15, 0.2) is 17.6 Å². The summed E-state index contributed by atoms with van der Waals surface area (Å²) in [6.07, 6.45) is 8.61. The second-order valence-electron chi connectivity index (χ2n) is 19.2. The summed E-state index contributed by atoms with van der Waals surface area (Å²) >= 11 is 0. The molecule has 0 spiro atoms. The third kappa shape index (κ3) is 7.86. The molecule has 12 nitrogen and oxygen atoms in total. The Hall–Kier alpha value is -5.39. The lowest BCUT2D eigenvalue weighted by Gasteiger charge is -2.50. The average molecular weight is 881 g/mol. The van der Waals surface area contributed by atoms with E-state index in [0.29, 0.717) is 75.7 Å². The number of rotatable bonds is 12. The molecule has 6 aliphatic rings. The van der Waals surface area contributed by atoms with Gasteiger partial charge in [-0.3, -0.25) is 15.6 Å². The average Bonchev–Trinajstić information content (AvgIpc) is 3.77. The molecule has 2 aliphatic carbocycles. The van der Waals surface area contributed by atoms with Crippen LogP contribution >= 0.6 is 0 Å². The molecule has 0 radical (unpaired) electrons. The maximum atomic E-state index is 11.5. The van der Waals surface area contributed by atoms with E-state index < -0.39 is 29.5 Å². The van der Waals surface area contributed by atoms with Crippen molar-refractivity contribution in [1.29, 1.82) is 0 Å². The van der Waals surface area contributed by atoms with Gasteiger partial charge in [0, 0.05) is 54.2 Å². The molecule has 0 aromatic heterocycles. The first-order valence-electron chi connectivity index (χ1n) is 23.2. The predicted octanol–water partition coefficient (Wildman–Crippen LogP) is 5.01. The molecule has 12 heteroatoms. The van der Waals surface area contributed by atoms with E-state index in [1.165, 1.54) is 5.56 Å². The highest BCUT2D eigenvalue weighted by Crippen LogP contribution is 2.61. The van der Waals surface area contributed by atoms with Crippen LogP contribution in [-0.2, 0) is 24.0 Å². The Morgan fingerprint density at radius 3 is 2.69 bits per heavy atom.